The Hall–Kier alpha value is -2.38. The van der Waals surface area contributed by atoms with Crippen LogP contribution < -0.4 is 10.6 Å². The van der Waals surface area contributed by atoms with E-state index in [1.165, 1.54) is 5.94 Å². The Labute approximate surface area is 148 Å². The smallest absolute Gasteiger partial charge is 0.358 e. The van der Waals surface area contributed by atoms with Crippen LogP contribution in [-0.2, 0) is 23.9 Å². The predicted molar refractivity (Wildman–Crippen MR) is 88.4 cm³/mol. The molecule has 0 aliphatic carbocycles. The minimum absolute atomic E-state index is 0.529. The molecule has 2 atom stereocenters. The van der Waals surface area contributed by atoms with E-state index in [1.54, 1.807) is 0 Å². The number of carbonyl (C=O) groups is 2. The normalized spacial score (nSPS) is 25.8. The van der Waals surface area contributed by atoms with Crippen molar-refractivity contribution in [2.45, 2.75) is 11.8 Å². The van der Waals surface area contributed by atoms with Crippen molar-refractivity contribution in [1.82, 2.24) is 4.90 Å². The van der Waals surface area contributed by atoms with Crippen LogP contribution in [0.1, 0.15) is 0 Å². The molecule has 9 heteroatoms. The van der Waals surface area contributed by atoms with Crippen LogP contribution in [0.25, 0.3) is 0 Å². The van der Waals surface area contributed by atoms with Crippen molar-refractivity contribution in [2.24, 2.45) is 5.73 Å². The molecule has 1 aromatic carbocycles. The quantitative estimate of drug-likeness (QED) is 0.256. The van der Waals surface area contributed by atoms with Crippen LogP contribution in [0.15, 0.2) is 30.5 Å². The lowest BCUT2D eigenvalue weighted by Gasteiger charge is -2.36. The fourth-order valence-corrected chi connectivity index (χ4v) is 3.23. The molecule has 1 amide bonds. The number of piperazine rings is 1. The van der Waals surface area contributed by atoms with Crippen LogP contribution >= 0.6 is 11.6 Å². The molecule has 0 bridgehead atoms. The Bertz CT molecular complexity index is 743. The van der Waals surface area contributed by atoms with Gasteiger partial charge >= 0.3 is 5.97 Å². The highest BCUT2D eigenvalue weighted by Crippen LogP contribution is 2.41. The van der Waals surface area contributed by atoms with Gasteiger partial charge in [-0.05, 0) is 12.1 Å². The van der Waals surface area contributed by atoms with Gasteiger partial charge in [0.15, 0.2) is 18.4 Å². The number of rotatable bonds is 5. The van der Waals surface area contributed by atoms with E-state index in [4.69, 9.17) is 22.1 Å². The first-order chi connectivity index (χ1) is 12.0. The maximum absolute atomic E-state index is 12.0. The number of primary amides is 1. The molecule has 25 heavy (non-hydrogen) atoms. The first kappa shape index (κ1) is 17.4. The van der Waals surface area contributed by atoms with Crippen molar-refractivity contribution in [3.8, 4) is 0 Å². The van der Waals surface area contributed by atoms with E-state index in [2.05, 4.69) is 9.64 Å². The molecular weight excluding hydrogens is 350 g/mol. The van der Waals surface area contributed by atoms with E-state index in [9.17, 15) is 14.4 Å². The third-order valence-electron chi connectivity index (χ3n) is 4.31. The van der Waals surface area contributed by atoms with E-state index < -0.39 is 23.7 Å². The van der Waals surface area contributed by atoms with Gasteiger partial charge in [-0.1, -0.05) is 23.7 Å². The van der Waals surface area contributed by atoms with E-state index >= 15 is 0 Å². The molecule has 2 N–H and O–H groups in total. The number of amides is 1. The topological polar surface area (TPSA) is 105 Å². The van der Waals surface area contributed by atoms with Gasteiger partial charge in [0.05, 0.1) is 10.7 Å². The lowest BCUT2D eigenvalue weighted by atomic mass is 10.1. The monoisotopic (exact) mass is 365 g/mol. The van der Waals surface area contributed by atoms with E-state index in [-0.39, 0.29) is 0 Å². The third-order valence-corrected chi connectivity index (χ3v) is 4.63. The number of halogens is 1. The number of carbonyl (C=O) groups excluding carboxylic acids is 3. The van der Waals surface area contributed by atoms with Gasteiger partial charge in [0.2, 0.25) is 0 Å². The van der Waals surface area contributed by atoms with Crippen LogP contribution in [-0.4, -0.2) is 60.7 Å². The van der Waals surface area contributed by atoms with Gasteiger partial charge in [-0.15, -0.1) is 0 Å². The molecule has 2 unspecified atom stereocenters. The molecule has 8 nitrogen and oxygen atoms in total. The standard InChI is InChI=1S/C16H16ClN3O5/c17-11-3-1-2-4-12(11)19-5-7-20(8-6-19)14-16(25-14,13(18)22)15(23)24-10-9-21/h1-4,10,14H,5-8H2,(H2,18,22). The second-order valence-corrected chi connectivity index (χ2v) is 6.09. The van der Waals surface area contributed by atoms with Gasteiger partial charge in [-0.2, -0.15) is 0 Å². The summed E-state index contributed by atoms with van der Waals surface area (Å²) >= 11 is 6.21. The summed E-state index contributed by atoms with van der Waals surface area (Å²) in [4.78, 5) is 37.8. The molecule has 0 saturated carbocycles. The maximum atomic E-state index is 12.0. The van der Waals surface area contributed by atoms with Crippen molar-refractivity contribution < 1.29 is 23.9 Å². The molecule has 2 heterocycles. The number of epoxide rings is 1. The van der Waals surface area contributed by atoms with Gasteiger partial charge in [0.1, 0.15) is 0 Å². The number of benzene rings is 1. The number of anilines is 1. The molecule has 3 rings (SSSR count). The van der Waals surface area contributed by atoms with Crippen LogP contribution in [0.3, 0.4) is 0 Å². The summed E-state index contributed by atoms with van der Waals surface area (Å²) in [5.74, 6) is -0.658. The molecule has 1 aromatic rings. The Morgan fingerprint density at radius 3 is 2.60 bits per heavy atom. The zero-order valence-electron chi connectivity index (χ0n) is 13.2. The molecule has 0 aromatic heterocycles. The fraction of sp³-hybridized carbons (Fsp3) is 0.375. The molecule has 0 spiro atoms. The molecular formula is C16H16ClN3O5. The van der Waals surface area contributed by atoms with E-state index in [1.807, 2.05) is 29.2 Å². The SMILES string of the molecule is NC(=O)C1(C(=O)OC=C=O)OC1N1CCN(c2ccccc2Cl)CC1. The minimum atomic E-state index is -1.88. The molecule has 2 aliphatic rings. The number of para-hydroxylation sites is 1. The molecule has 0 radical (unpaired) electrons. The van der Waals surface area contributed by atoms with Crippen molar-refractivity contribution >= 4 is 35.1 Å². The maximum Gasteiger partial charge on any atom is 0.358 e. The highest BCUT2D eigenvalue weighted by molar-refractivity contribution is 6.33. The van der Waals surface area contributed by atoms with Gasteiger partial charge < -0.3 is 20.1 Å². The van der Waals surface area contributed by atoms with Gasteiger partial charge in [-0.25, -0.2) is 9.59 Å². The summed E-state index contributed by atoms with van der Waals surface area (Å²) < 4.78 is 9.85. The molecule has 2 fully saturated rings. The molecule has 2 aliphatic heterocycles. The number of nitrogens with two attached hydrogens (primary N) is 1. The van der Waals surface area contributed by atoms with Crippen LogP contribution in [0, 0.1) is 0 Å². The summed E-state index contributed by atoms with van der Waals surface area (Å²) in [5.41, 5.74) is 4.36. The number of hydrogen-bond acceptors (Lipinski definition) is 7. The van der Waals surface area contributed by atoms with Crippen molar-refractivity contribution in [3.05, 3.63) is 35.6 Å². The second kappa shape index (κ2) is 6.85. The van der Waals surface area contributed by atoms with Crippen molar-refractivity contribution in [3.63, 3.8) is 0 Å². The first-order valence-electron chi connectivity index (χ1n) is 7.62. The summed E-state index contributed by atoms with van der Waals surface area (Å²) in [6.45, 7) is 2.37. The molecule has 132 valence electrons. The Morgan fingerprint density at radius 2 is 2.00 bits per heavy atom. The minimum Gasteiger partial charge on any atom is -0.420 e. The third kappa shape index (κ3) is 3.12. The van der Waals surface area contributed by atoms with E-state index in [0.29, 0.717) is 37.5 Å². The second-order valence-electron chi connectivity index (χ2n) is 5.69. The highest BCUT2D eigenvalue weighted by Gasteiger charge is 2.71. The highest BCUT2D eigenvalue weighted by atomic mass is 35.5. The van der Waals surface area contributed by atoms with Crippen LogP contribution in [0.2, 0.25) is 5.02 Å². The van der Waals surface area contributed by atoms with Gasteiger partial charge in [0, 0.05) is 26.2 Å². The Balaban J connectivity index is 1.65. The number of nitrogens with zero attached hydrogens (tertiary/aromatic N) is 2. The average molecular weight is 366 g/mol. The van der Waals surface area contributed by atoms with Gasteiger partial charge in [0.25, 0.3) is 11.5 Å². The average Bonchev–Trinajstić information content (AvgIpc) is 3.37. The van der Waals surface area contributed by atoms with Crippen molar-refractivity contribution in [2.75, 3.05) is 31.1 Å². The van der Waals surface area contributed by atoms with Gasteiger partial charge in [-0.3, -0.25) is 9.69 Å². The zero-order chi connectivity index (χ0) is 18.0. The lowest BCUT2D eigenvalue weighted by molar-refractivity contribution is -0.148. The first-order valence-corrected chi connectivity index (χ1v) is 8.00. The summed E-state index contributed by atoms with van der Waals surface area (Å²) in [6, 6.07) is 7.53. The Kier molecular flexibility index (Phi) is 4.78. The summed E-state index contributed by atoms with van der Waals surface area (Å²) in [5, 5.41) is 0.661. The number of ether oxygens (including phenoxy) is 2. The zero-order valence-corrected chi connectivity index (χ0v) is 13.9. The van der Waals surface area contributed by atoms with E-state index in [0.717, 1.165) is 5.69 Å². The predicted octanol–water partition coefficient (Wildman–Crippen LogP) is -0.0691. The largest absolute Gasteiger partial charge is 0.420 e. The number of esters is 1. The fourth-order valence-electron chi connectivity index (χ4n) is 2.97. The lowest BCUT2D eigenvalue weighted by Crippen LogP contribution is -2.52. The number of hydrogen-bond donors (Lipinski definition) is 1. The summed E-state index contributed by atoms with van der Waals surface area (Å²) in [6.07, 6.45) is -0.271. The Morgan fingerprint density at radius 1 is 1.32 bits per heavy atom. The van der Waals surface area contributed by atoms with Crippen LogP contribution in [0.5, 0.6) is 0 Å². The van der Waals surface area contributed by atoms with Crippen molar-refractivity contribution in [1.29, 1.82) is 0 Å². The summed E-state index contributed by atoms with van der Waals surface area (Å²) in [7, 11) is 0. The molecule has 2 saturated heterocycles. The van der Waals surface area contributed by atoms with Crippen LogP contribution in [0.4, 0.5) is 5.69 Å².